The standard InChI is InChI=1S/C12H13NO/c1-9(8-13)10-3-2-4-11(7-10)12(14)5-6-12/h2-4,7,9,14H,5-6H2,1H3. The summed E-state index contributed by atoms with van der Waals surface area (Å²) in [6, 6.07) is 9.92. The number of nitriles is 1. The van der Waals surface area contributed by atoms with Gasteiger partial charge in [0.05, 0.1) is 17.6 Å². The Kier molecular flexibility index (Phi) is 2.05. The normalized spacial score (nSPS) is 19.8. The van der Waals surface area contributed by atoms with Gasteiger partial charge in [-0.25, -0.2) is 0 Å². The molecule has 1 N–H and O–H groups in total. The maximum atomic E-state index is 9.90. The molecule has 0 radical (unpaired) electrons. The second-order valence-corrected chi connectivity index (χ2v) is 4.01. The van der Waals surface area contributed by atoms with Crippen molar-refractivity contribution in [3.8, 4) is 6.07 Å². The number of hydrogen-bond acceptors (Lipinski definition) is 2. The molecule has 0 amide bonds. The molecular weight excluding hydrogens is 174 g/mol. The summed E-state index contributed by atoms with van der Waals surface area (Å²) >= 11 is 0. The number of nitrogens with zero attached hydrogens (tertiary/aromatic N) is 1. The Morgan fingerprint density at radius 2 is 2.21 bits per heavy atom. The van der Waals surface area contributed by atoms with Crippen molar-refractivity contribution in [3.05, 3.63) is 35.4 Å². The molecule has 1 fully saturated rings. The van der Waals surface area contributed by atoms with Gasteiger partial charge in [0.1, 0.15) is 0 Å². The first-order chi connectivity index (χ1) is 6.65. The number of aliphatic hydroxyl groups is 1. The molecule has 0 spiro atoms. The Labute approximate surface area is 83.8 Å². The minimum absolute atomic E-state index is 0.0997. The van der Waals surface area contributed by atoms with Crippen LogP contribution in [-0.2, 0) is 5.60 Å². The van der Waals surface area contributed by atoms with Crippen molar-refractivity contribution in [1.82, 2.24) is 0 Å². The molecule has 2 heteroatoms. The van der Waals surface area contributed by atoms with Crippen molar-refractivity contribution in [2.24, 2.45) is 0 Å². The van der Waals surface area contributed by atoms with E-state index in [1.165, 1.54) is 0 Å². The Hall–Kier alpha value is -1.33. The van der Waals surface area contributed by atoms with Crippen molar-refractivity contribution >= 4 is 0 Å². The zero-order chi connectivity index (χ0) is 10.2. The van der Waals surface area contributed by atoms with Crippen LogP contribution >= 0.6 is 0 Å². The molecule has 1 aromatic rings. The van der Waals surface area contributed by atoms with E-state index in [0.29, 0.717) is 0 Å². The summed E-state index contributed by atoms with van der Waals surface area (Å²) in [5.74, 6) is -0.0997. The second-order valence-electron chi connectivity index (χ2n) is 4.01. The van der Waals surface area contributed by atoms with Gasteiger partial charge in [-0.05, 0) is 30.9 Å². The van der Waals surface area contributed by atoms with Gasteiger partial charge in [0.25, 0.3) is 0 Å². The van der Waals surface area contributed by atoms with Gasteiger partial charge in [0.15, 0.2) is 0 Å². The Morgan fingerprint density at radius 3 is 2.79 bits per heavy atom. The summed E-state index contributed by atoms with van der Waals surface area (Å²) in [6.07, 6.45) is 1.69. The number of benzene rings is 1. The third kappa shape index (κ3) is 1.51. The van der Waals surface area contributed by atoms with Gasteiger partial charge in [-0.15, -0.1) is 0 Å². The first kappa shape index (κ1) is 9.23. The van der Waals surface area contributed by atoms with Crippen LogP contribution in [0.1, 0.15) is 36.8 Å². The van der Waals surface area contributed by atoms with Crippen LogP contribution in [0.15, 0.2) is 24.3 Å². The fourth-order valence-corrected chi connectivity index (χ4v) is 1.58. The quantitative estimate of drug-likeness (QED) is 0.772. The molecule has 1 aliphatic rings. The predicted octanol–water partition coefficient (Wildman–Crippen LogP) is 2.30. The van der Waals surface area contributed by atoms with Crippen molar-refractivity contribution in [3.63, 3.8) is 0 Å². The summed E-state index contributed by atoms with van der Waals surface area (Å²) in [5.41, 5.74) is 1.35. The van der Waals surface area contributed by atoms with E-state index in [4.69, 9.17) is 5.26 Å². The van der Waals surface area contributed by atoms with Crippen LogP contribution in [-0.4, -0.2) is 5.11 Å². The van der Waals surface area contributed by atoms with Crippen LogP contribution in [0.2, 0.25) is 0 Å². The van der Waals surface area contributed by atoms with Gasteiger partial charge in [0, 0.05) is 0 Å². The summed E-state index contributed by atoms with van der Waals surface area (Å²) in [6.45, 7) is 1.87. The van der Waals surface area contributed by atoms with Crippen molar-refractivity contribution in [2.75, 3.05) is 0 Å². The lowest BCUT2D eigenvalue weighted by molar-refractivity contribution is 0.151. The molecule has 0 aromatic heterocycles. The molecule has 1 saturated carbocycles. The molecule has 1 aromatic carbocycles. The van der Waals surface area contributed by atoms with Gasteiger partial charge in [-0.2, -0.15) is 5.26 Å². The van der Waals surface area contributed by atoms with Crippen LogP contribution in [0.25, 0.3) is 0 Å². The van der Waals surface area contributed by atoms with Crippen LogP contribution in [0.4, 0.5) is 0 Å². The fourth-order valence-electron chi connectivity index (χ4n) is 1.58. The van der Waals surface area contributed by atoms with E-state index in [1.54, 1.807) is 0 Å². The molecule has 1 atom stereocenters. The molecule has 0 saturated heterocycles. The molecule has 2 nitrogen and oxygen atoms in total. The lowest BCUT2D eigenvalue weighted by Crippen LogP contribution is -2.04. The summed E-state index contributed by atoms with van der Waals surface area (Å²) < 4.78 is 0. The first-order valence-corrected chi connectivity index (χ1v) is 4.88. The van der Waals surface area contributed by atoms with E-state index in [-0.39, 0.29) is 5.92 Å². The van der Waals surface area contributed by atoms with E-state index in [1.807, 2.05) is 31.2 Å². The smallest absolute Gasteiger partial charge is 0.0899 e. The fraction of sp³-hybridized carbons (Fsp3) is 0.417. The summed E-state index contributed by atoms with van der Waals surface area (Å²) in [7, 11) is 0. The van der Waals surface area contributed by atoms with Crippen LogP contribution in [0.5, 0.6) is 0 Å². The van der Waals surface area contributed by atoms with E-state index < -0.39 is 5.60 Å². The van der Waals surface area contributed by atoms with Crippen LogP contribution in [0, 0.1) is 11.3 Å². The van der Waals surface area contributed by atoms with Crippen molar-refractivity contribution < 1.29 is 5.11 Å². The van der Waals surface area contributed by atoms with Gasteiger partial charge in [0.2, 0.25) is 0 Å². The second kappa shape index (κ2) is 3.11. The summed E-state index contributed by atoms with van der Waals surface area (Å²) in [4.78, 5) is 0. The van der Waals surface area contributed by atoms with Gasteiger partial charge < -0.3 is 5.11 Å². The Balaban J connectivity index is 2.33. The third-order valence-electron chi connectivity index (χ3n) is 2.84. The molecule has 1 aliphatic carbocycles. The topological polar surface area (TPSA) is 44.0 Å². The maximum absolute atomic E-state index is 9.90. The highest BCUT2D eigenvalue weighted by atomic mass is 16.3. The average Bonchev–Trinajstić information content (AvgIpc) is 2.97. The molecule has 14 heavy (non-hydrogen) atoms. The highest BCUT2D eigenvalue weighted by Crippen LogP contribution is 2.45. The SMILES string of the molecule is CC(C#N)c1cccc(C2(O)CC2)c1. The average molecular weight is 187 g/mol. The lowest BCUT2D eigenvalue weighted by atomic mass is 9.97. The number of rotatable bonds is 2. The van der Waals surface area contributed by atoms with E-state index in [0.717, 1.165) is 24.0 Å². The highest BCUT2D eigenvalue weighted by molar-refractivity contribution is 5.34. The maximum Gasteiger partial charge on any atom is 0.0899 e. The Morgan fingerprint density at radius 1 is 1.50 bits per heavy atom. The molecule has 1 unspecified atom stereocenters. The minimum Gasteiger partial charge on any atom is -0.385 e. The van der Waals surface area contributed by atoms with E-state index >= 15 is 0 Å². The first-order valence-electron chi connectivity index (χ1n) is 4.88. The zero-order valence-electron chi connectivity index (χ0n) is 8.20. The lowest BCUT2D eigenvalue weighted by Gasteiger charge is -2.10. The minimum atomic E-state index is -0.592. The molecule has 72 valence electrons. The molecular formula is C12H13NO. The van der Waals surface area contributed by atoms with E-state index in [9.17, 15) is 5.11 Å². The van der Waals surface area contributed by atoms with Gasteiger partial charge in [-0.3, -0.25) is 0 Å². The molecule has 2 rings (SSSR count). The molecule has 0 bridgehead atoms. The zero-order valence-corrected chi connectivity index (χ0v) is 8.20. The number of hydrogen-bond donors (Lipinski definition) is 1. The van der Waals surface area contributed by atoms with Gasteiger partial charge in [-0.1, -0.05) is 24.3 Å². The van der Waals surface area contributed by atoms with Crippen molar-refractivity contribution in [1.29, 1.82) is 5.26 Å². The third-order valence-corrected chi connectivity index (χ3v) is 2.84. The van der Waals surface area contributed by atoms with Crippen LogP contribution in [0.3, 0.4) is 0 Å². The Bertz CT molecular complexity index is 388. The monoisotopic (exact) mass is 187 g/mol. The van der Waals surface area contributed by atoms with E-state index in [2.05, 4.69) is 6.07 Å². The molecule has 0 aliphatic heterocycles. The highest BCUT2D eigenvalue weighted by Gasteiger charge is 2.42. The summed E-state index contributed by atoms with van der Waals surface area (Å²) in [5, 5.41) is 18.7. The largest absolute Gasteiger partial charge is 0.385 e. The van der Waals surface area contributed by atoms with Crippen LogP contribution < -0.4 is 0 Å². The molecule has 0 heterocycles. The van der Waals surface area contributed by atoms with Crippen molar-refractivity contribution in [2.45, 2.75) is 31.3 Å². The van der Waals surface area contributed by atoms with Gasteiger partial charge >= 0.3 is 0 Å². The predicted molar refractivity (Wildman–Crippen MR) is 53.6 cm³/mol.